The van der Waals surface area contributed by atoms with Gasteiger partial charge in [0.15, 0.2) is 11.6 Å². The van der Waals surface area contributed by atoms with Crippen LogP contribution in [0.15, 0.2) is 140 Å². The summed E-state index contributed by atoms with van der Waals surface area (Å²) in [4.78, 5) is 29.9. The summed E-state index contributed by atoms with van der Waals surface area (Å²) in [6.45, 7) is 2.04. The van der Waals surface area contributed by atoms with E-state index in [4.69, 9.17) is 29.9 Å². The Balaban J connectivity index is 1.04. The third-order valence-corrected chi connectivity index (χ3v) is 9.26. The van der Waals surface area contributed by atoms with Gasteiger partial charge in [0, 0.05) is 40.7 Å². The third-order valence-electron chi connectivity index (χ3n) is 9.26. The standard InChI is InChI=1S/C45H38N6/c1-31-37-21-9-12-23-39(37)49-45(46-31)43-30-34(29-36(48-43)28-33-17-6-3-7-18-33)19-8-11-24-40-38-22-10-13-25-41(38)51-44(50-40)42-26-14-20-35(47-42)27-32-15-4-2-5-16-32/h2-7,9-10,12-18,20-23,25-26,29-30H,8,11,19,24,27-28H2,1H3. The second-order valence-electron chi connectivity index (χ2n) is 13.1. The van der Waals surface area contributed by atoms with E-state index in [1.54, 1.807) is 0 Å². The van der Waals surface area contributed by atoms with Gasteiger partial charge >= 0.3 is 0 Å². The van der Waals surface area contributed by atoms with Gasteiger partial charge in [0.05, 0.1) is 16.7 Å². The molecule has 0 fully saturated rings. The Morgan fingerprint density at radius 2 is 1.00 bits per heavy atom. The molecule has 248 valence electrons. The Morgan fingerprint density at radius 1 is 0.412 bits per heavy atom. The topological polar surface area (TPSA) is 77.3 Å². The van der Waals surface area contributed by atoms with Crippen LogP contribution in [0.1, 0.15) is 52.3 Å². The molecule has 51 heavy (non-hydrogen) atoms. The van der Waals surface area contributed by atoms with Crippen LogP contribution < -0.4 is 0 Å². The molecule has 0 unspecified atom stereocenters. The van der Waals surface area contributed by atoms with Gasteiger partial charge in [0.2, 0.25) is 0 Å². The first-order valence-corrected chi connectivity index (χ1v) is 17.7. The first-order chi connectivity index (χ1) is 25.1. The molecule has 0 aliphatic heterocycles. The maximum absolute atomic E-state index is 5.11. The van der Waals surface area contributed by atoms with Gasteiger partial charge in [-0.15, -0.1) is 0 Å². The van der Waals surface area contributed by atoms with E-state index in [-0.39, 0.29) is 0 Å². The summed E-state index contributed by atoms with van der Waals surface area (Å²) in [5, 5.41) is 2.17. The zero-order valence-electron chi connectivity index (χ0n) is 28.7. The van der Waals surface area contributed by atoms with Crippen molar-refractivity contribution >= 4 is 21.8 Å². The second-order valence-corrected chi connectivity index (χ2v) is 13.1. The summed E-state index contributed by atoms with van der Waals surface area (Å²) in [6.07, 6.45) is 5.28. The van der Waals surface area contributed by atoms with Crippen LogP contribution in [0.4, 0.5) is 0 Å². The largest absolute Gasteiger partial charge is 0.249 e. The number of nitrogens with zero attached hydrogens (tertiary/aromatic N) is 6. The number of aryl methyl sites for hydroxylation is 3. The maximum Gasteiger partial charge on any atom is 0.178 e. The fourth-order valence-corrected chi connectivity index (χ4v) is 6.73. The average molecular weight is 663 g/mol. The summed E-state index contributed by atoms with van der Waals surface area (Å²) in [5.41, 5.74) is 11.3. The molecule has 0 atom stereocenters. The van der Waals surface area contributed by atoms with Crippen molar-refractivity contribution < 1.29 is 0 Å². The monoisotopic (exact) mass is 662 g/mol. The normalized spacial score (nSPS) is 11.3. The molecule has 0 aliphatic rings. The number of hydrogen-bond donors (Lipinski definition) is 0. The van der Waals surface area contributed by atoms with E-state index >= 15 is 0 Å². The van der Waals surface area contributed by atoms with Crippen molar-refractivity contribution in [3.63, 3.8) is 0 Å². The maximum atomic E-state index is 5.11. The Kier molecular flexibility index (Phi) is 9.29. The van der Waals surface area contributed by atoms with E-state index in [1.807, 2.05) is 49.4 Å². The summed E-state index contributed by atoms with van der Waals surface area (Å²) in [7, 11) is 0. The highest BCUT2D eigenvalue weighted by molar-refractivity contribution is 5.83. The third kappa shape index (κ3) is 7.55. The van der Waals surface area contributed by atoms with E-state index in [2.05, 4.69) is 97.1 Å². The number of para-hydroxylation sites is 2. The number of fused-ring (bicyclic) bond motifs is 2. The van der Waals surface area contributed by atoms with Gasteiger partial charge in [0.1, 0.15) is 11.4 Å². The van der Waals surface area contributed by atoms with Crippen molar-refractivity contribution in [3.05, 3.63) is 179 Å². The highest BCUT2D eigenvalue weighted by Crippen LogP contribution is 2.25. The summed E-state index contributed by atoms with van der Waals surface area (Å²) in [5.74, 6) is 1.34. The van der Waals surface area contributed by atoms with E-state index in [0.29, 0.717) is 11.6 Å². The molecule has 4 heterocycles. The first-order valence-electron chi connectivity index (χ1n) is 17.7. The van der Waals surface area contributed by atoms with Crippen LogP contribution in [0, 0.1) is 6.92 Å². The molecule has 0 saturated heterocycles. The quantitative estimate of drug-likeness (QED) is 0.128. The first kappa shape index (κ1) is 32.1. The van der Waals surface area contributed by atoms with Crippen LogP contribution in [0.25, 0.3) is 44.8 Å². The number of unbranched alkanes of at least 4 members (excludes halogenated alkanes) is 1. The molecule has 0 N–H and O–H groups in total. The molecule has 0 saturated carbocycles. The molecule has 8 rings (SSSR count). The molecule has 4 aromatic carbocycles. The summed E-state index contributed by atoms with van der Waals surface area (Å²) >= 11 is 0. The Morgan fingerprint density at radius 3 is 1.75 bits per heavy atom. The van der Waals surface area contributed by atoms with Crippen LogP contribution in [0.3, 0.4) is 0 Å². The van der Waals surface area contributed by atoms with Gasteiger partial charge in [-0.1, -0.05) is 103 Å². The van der Waals surface area contributed by atoms with Gasteiger partial charge in [-0.3, -0.25) is 0 Å². The Hall–Kier alpha value is -6.14. The zero-order chi connectivity index (χ0) is 34.4. The molecule has 8 aromatic rings. The van der Waals surface area contributed by atoms with Gasteiger partial charge in [0.25, 0.3) is 0 Å². The minimum atomic E-state index is 0.670. The van der Waals surface area contributed by atoms with Crippen molar-refractivity contribution in [2.75, 3.05) is 0 Å². The van der Waals surface area contributed by atoms with Gasteiger partial charge in [-0.25, -0.2) is 29.9 Å². The zero-order valence-corrected chi connectivity index (χ0v) is 28.7. The van der Waals surface area contributed by atoms with Crippen molar-refractivity contribution in [2.45, 2.75) is 45.4 Å². The number of benzene rings is 4. The van der Waals surface area contributed by atoms with Gasteiger partial charge in [-0.2, -0.15) is 0 Å². The fraction of sp³-hybridized carbons (Fsp3) is 0.156. The van der Waals surface area contributed by atoms with Crippen LogP contribution in [0.5, 0.6) is 0 Å². The second kappa shape index (κ2) is 14.8. The molecular formula is C45H38N6. The Labute approximate surface area is 298 Å². The van der Waals surface area contributed by atoms with Crippen molar-refractivity contribution in [3.8, 4) is 23.0 Å². The number of pyridine rings is 2. The van der Waals surface area contributed by atoms with Gasteiger partial charge < -0.3 is 0 Å². The fourth-order valence-electron chi connectivity index (χ4n) is 6.73. The highest BCUT2D eigenvalue weighted by atomic mass is 14.9. The minimum Gasteiger partial charge on any atom is -0.249 e. The Bertz CT molecular complexity index is 2440. The highest BCUT2D eigenvalue weighted by Gasteiger charge is 2.14. The molecule has 0 radical (unpaired) electrons. The van der Waals surface area contributed by atoms with E-state index < -0.39 is 0 Å². The summed E-state index contributed by atoms with van der Waals surface area (Å²) in [6, 6.07) is 48.0. The molecule has 4 aromatic heterocycles. The lowest BCUT2D eigenvalue weighted by Crippen LogP contribution is -2.03. The molecule has 0 amide bonds. The van der Waals surface area contributed by atoms with Crippen LogP contribution in [0.2, 0.25) is 0 Å². The van der Waals surface area contributed by atoms with Crippen LogP contribution >= 0.6 is 0 Å². The van der Waals surface area contributed by atoms with Gasteiger partial charge in [-0.05, 0) is 85.7 Å². The number of rotatable bonds is 11. The number of aromatic nitrogens is 6. The smallest absolute Gasteiger partial charge is 0.178 e. The van der Waals surface area contributed by atoms with E-state index in [1.165, 1.54) is 16.7 Å². The minimum absolute atomic E-state index is 0.670. The molecule has 6 nitrogen and oxygen atoms in total. The van der Waals surface area contributed by atoms with Crippen molar-refractivity contribution in [1.29, 1.82) is 0 Å². The lowest BCUT2D eigenvalue weighted by Gasteiger charge is -2.11. The molecular weight excluding hydrogens is 625 g/mol. The summed E-state index contributed by atoms with van der Waals surface area (Å²) < 4.78 is 0. The SMILES string of the molecule is Cc1nc(-c2cc(CCCCc3nc(-c4cccc(Cc5ccccc5)n4)nc4ccccc34)cc(Cc3ccccc3)n2)nc2ccccc12. The average Bonchev–Trinajstić information content (AvgIpc) is 3.17. The van der Waals surface area contributed by atoms with E-state index in [0.717, 1.165) is 94.5 Å². The molecule has 0 spiro atoms. The molecule has 6 heteroatoms. The lowest BCUT2D eigenvalue weighted by molar-refractivity contribution is 0.724. The van der Waals surface area contributed by atoms with Crippen molar-refractivity contribution in [2.24, 2.45) is 0 Å². The van der Waals surface area contributed by atoms with E-state index in [9.17, 15) is 0 Å². The van der Waals surface area contributed by atoms with Crippen LogP contribution in [-0.4, -0.2) is 29.9 Å². The predicted octanol–water partition coefficient (Wildman–Crippen LogP) is 9.75. The lowest BCUT2D eigenvalue weighted by atomic mass is 10.0. The molecule has 0 aliphatic carbocycles. The molecule has 0 bridgehead atoms. The van der Waals surface area contributed by atoms with Crippen LogP contribution in [-0.2, 0) is 25.7 Å². The number of hydrogen-bond acceptors (Lipinski definition) is 6. The predicted molar refractivity (Wildman–Crippen MR) is 205 cm³/mol. The van der Waals surface area contributed by atoms with Crippen molar-refractivity contribution in [1.82, 2.24) is 29.9 Å².